The van der Waals surface area contributed by atoms with E-state index < -0.39 is 0 Å². The predicted octanol–water partition coefficient (Wildman–Crippen LogP) is 5.92. The summed E-state index contributed by atoms with van der Waals surface area (Å²) in [5.74, 6) is 0. The predicted molar refractivity (Wildman–Crippen MR) is 102 cm³/mol. The number of anilines is 2. The van der Waals surface area contributed by atoms with Crippen LogP contribution in [0.1, 0.15) is 11.1 Å². The maximum Gasteiger partial charge on any atom is 0.0820 e. The minimum absolute atomic E-state index is 0.693. The third kappa shape index (κ3) is 2.70. The summed E-state index contributed by atoms with van der Waals surface area (Å²) in [5, 5.41) is 0.693. The number of aliphatic imine (C=N–C) groups is 1. The number of hydrogen-bond acceptors (Lipinski definition) is 2. The fraction of sp³-hybridized carbons (Fsp3) is 0.0952. The van der Waals surface area contributed by atoms with Crippen molar-refractivity contribution in [2.45, 2.75) is 6.92 Å². The number of hydrogen-bond donors (Lipinski definition) is 0. The van der Waals surface area contributed by atoms with E-state index in [0.29, 0.717) is 5.02 Å². The molecule has 0 aromatic heterocycles. The van der Waals surface area contributed by atoms with E-state index in [1.54, 1.807) is 0 Å². The SMILES string of the molecule is Cc1ccc(N=C2CN(c3ccccc3)c3ccccc32)c(Cl)c1. The highest BCUT2D eigenvalue weighted by atomic mass is 35.5. The number of halogens is 1. The van der Waals surface area contributed by atoms with E-state index in [4.69, 9.17) is 16.6 Å². The Kier molecular flexibility index (Phi) is 3.83. The monoisotopic (exact) mass is 332 g/mol. The van der Waals surface area contributed by atoms with E-state index in [-0.39, 0.29) is 0 Å². The summed E-state index contributed by atoms with van der Waals surface area (Å²) in [6.07, 6.45) is 0. The minimum Gasteiger partial charge on any atom is -0.335 e. The van der Waals surface area contributed by atoms with Gasteiger partial charge in [0.2, 0.25) is 0 Å². The van der Waals surface area contributed by atoms with E-state index >= 15 is 0 Å². The number of rotatable bonds is 2. The fourth-order valence-corrected chi connectivity index (χ4v) is 3.33. The summed E-state index contributed by atoms with van der Waals surface area (Å²) in [7, 11) is 0. The van der Waals surface area contributed by atoms with Crippen LogP contribution in [0, 0.1) is 6.92 Å². The zero-order valence-corrected chi connectivity index (χ0v) is 14.2. The molecule has 1 heterocycles. The maximum absolute atomic E-state index is 6.37. The van der Waals surface area contributed by atoms with E-state index in [9.17, 15) is 0 Å². The van der Waals surface area contributed by atoms with Gasteiger partial charge in [0.25, 0.3) is 0 Å². The smallest absolute Gasteiger partial charge is 0.0820 e. The zero-order chi connectivity index (χ0) is 16.5. The van der Waals surface area contributed by atoms with E-state index in [1.807, 2.05) is 31.2 Å². The molecule has 0 spiro atoms. The summed E-state index contributed by atoms with van der Waals surface area (Å²) in [6, 6.07) is 24.8. The Labute approximate surface area is 147 Å². The molecule has 0 N–H and O–H groups in total. The number of para-hydroxylation sites is 2. The lowest BCUT2D eigenvalue weighted by Gasteiger charge is -2.18. The zero-order valence-electron chi connectivity index (χ0n) is 13.4. The van der Waals surface area contributed by atoms with Gasteiger partial charge in [0.15, 0.2) is 0 Å². The first-order chi connectivity index (χ1) is 11.7. The first-order valence-electron chi connectivity index (χ1n) is 7.98. The highest BCUT2D eigenvalue weighted by Crippen LogP contribution is 2.36. The Morgan fingerprint density at radius 2 is 1.67 bits per heavy atom. The van der Waals surface area contributed by atoms with Gasteiger partial charge < -0.3 is 4.90 Å². The molecule has 2 nitrogen and oxygen atoms in total. The number of fused-ring (bicyclic) bond motifs is 1. The van der Waals surface area contributed by atoms with Crippen molar-refractivity contribution in [3.05, 3.63) is 88.9 Å². The Bertz CT molecular complexity index is 916. The van der Waals surface area contributed by atoms with Crippen molar-refractivity contribution in [3.8, 4) is 0 Å². The van der Waals surface area contributed by atoms with Gasteiger partial charge in [-0.2, -0.15) is 0 Å². The molecule has 3 heteroatoms. The normalized spacial score (nSPS) is 14.9. The molecule has 0 saturated carbocycles. The quantitative estimate of drug-likeness (QED) is 0.568. The van der Waals surface area contributed by atoms with Gasteiger partial charge >= 0.3 is 0 Å². The van der Waals surface area contributed by atoms with Gasteiger partial charge in [-0.3, -0.25) is 0 Å². The van der Waals surface area contributed by atoms with Crippen molar-refractivity contribution >= 4 is 34.4 Å². The number of benzene rings is 3. The molecule has 0 saturated heterocycles. The molecule has 0 aliphatic carbocycles. The summed E-state index contributed by atoms with van der Waals surface area (Å²) >= 11 is 6.37. The number of aryl methyl sites for hydroxylation is 1. The lowest BCUT2D eigenvalue weighted by atomic mass is 10.1. The van der Waals surface area contributed by atoms with Crippen LogP contribution in [0.2, 0.25) is 5.02 Å². The molecule has 0 bridgehead atoms. The molecule has 0 radical (unpaired) electrons. The van der Waals surface area contributed by atoms with Gasteiger partial charge in [0.05, 0.1) is 28.7 Å². The Hall–Kier alpha value is -2.58. The van der Waals surface area contributed by atoms with Crippen LogP contribution in [-0.4, -0.2) is 12.3 Å². The van der Waals surface area contributed by atoms with Crippen molar-refractivity contribution < 1.29 is 0 Å². The molecule has 1 aliphatic heterocycles. The van der Waals surface area contributed by atoms with Crippen molar-refractivity contribution in [2.24, 2.45) is 4.99 Å². The summed E-state index contributed by atoms with van der Waals surface area (Å²) in [6.45, 7) is 2.78. The second-order valence-corrected chi connectivity index (χ2v) is 6.36. The molecule has 0 fully saturated rings. The highest BCUT2D eigenvalue weighted by Gasteiger charge is 2.25. The van der Waals surface area contributed by atoms with Gasteiger partial charge in [-0.25, -0.2) is 4.99 Å². The van der Waals surface area contributed by atoms with Crippen LogP contribution < -0.4 is 4.90 Å². The molecular weight excluding hydrogens is 316 g/mol. The summed E-state index contributed by atoms with van der Waals surface area (Å²) < 4.78 is 0. The first-order valence-corrected chi connectivity index (χ1v) is 8.36. The second kappa shape index (κ2) is 6.14. The molecule has 1 aliphatic rings. The highest BCUT2D eigenvalue weighted by molar-refractivity contribution is 6.33. The maximum atomic E-state index is 6.37. The van der Waals surface area contributed by atoms with Crippen LogP contribution in [0.4, 0.5) is 17.1 Å². The average molecular weight is 333 g/mol. The molecule has 24 heavy (non-hydrogen) atoms. The lowest BCUT2D eigenvalue weighted by molar-refractivity contribution is 1.17. The molecule has 0 unspecified atom stereocenters. The number of nitrogens with zero attached hydrogens (tertiary/aromatic N) is 2. The van der Waals surface area contributed by atoms with Gasteiger partial charge in [-0.15, -0.1) is 0 Å². The Morgan fingerprint density at radius 1 is 0.917 bits per heavy atom. The molecule has 3 aromatic rings. The van der Waals surface area contributed by atoms with Crippen molar-refractivity contribution in [3.63, 3.8) is 0 Å². The van der Waals surface area contributed by atoms with Gasteiger partial charge in [0, 0.05) is 11.3 Å². The van der Waals surface area contributed by atoms with Crippen molar-refractivity contribution in [2.75, 3.05) is 11.4 Å². The van der Waals surface area contributed by atoms with Crippen LogP contribution in [0.5, 0.6) is 0 Å². The Morgan fingerprint density at radius 3 is 2.46 bits per heavy atom. The molecule has 0 atom stereocenters. The average Bonchev–Trinajstić information content (AvgIpc) is 2.97. The van der Waals surface area contributed by atoms with Crippen LogP contribution in [-0.2, 0) is 0 Å². The van der Waals surface area contributed by atoms with E-state index in [2.05, 4.69) is 53.4 Å². The summed E-state index contributed by atoms with van der Waals surface area (Å²) in [5.41, 5.74) is 6.53. The van der Waals surface area contributed by atoms with Crippen molar-refractivity contribution in [1.29, 1.82) is 0 Å². The third-order valence-electron chi connectivity index (χ3n) is 4.24. The van der Waals surface area contributed by atoms with Gasteiger partial charge in [-0.1, -0.05) is 54.1 Å². The lowest BCUT2D eigenvalue weighted by Crippen LogP contribution is -2.16. The largest absolute Gasteiger partial charge is 0.335 e. The molecular formula is C21H17ClN2. The topological polar surface area (TPSA) is 15.6 Å². The standard InChI is InChI=1S/C21H17ClN2/c1-15-11-12-19(18(22)13-15)23-20-14-24(16-7-3-2-4-8-16)21-10-6-5-9-17(20)21/h2-13H,14H2,1H3. The molecule has 3 aromatic carbocycles. The van der Waals surface area contributed by atoms with Crippen LogP contribution >= 0.6 is 11.6 Å². The summed E-state index contributed by atoms with van der Waals surface area (Å²) in [4.78, 5) is 7.15. The molecule has 4 rings (SSSR count). The fourth-order valence-electron chi connectivity index (χ4n) is 3.06. The molecule has 0 amide bonds. The molecule has 118 valence electrons. The Balaban J connectivity index is 1.80. The minimum atomic E-state index is 0.693. The van der Waals surface area contributed by atoms with Gasteiger partial charge in [-0.05, 0) is 42.8 Å². The van der Waals surface area contributed by atoms with Crippen LogP contribution in [0.15, 0.2) is 77.8 Å². The van der Waals surface area contributed by atoms with Crippen molar-refractivity contribution in [1.82, 2.24) is 0 Å². The second-order valence-electron chi connectivity index (χ2n) is 5.95. The van der Waals surface area contributed by atoms with E-state index in [1.165, 1.54) is 11.4 Å². The van der Waals surface area contributed by atoms with E-state index in [0.717, 1.165) is 29.1 Å². The van der Waals surface area contributed by atoms with Gasteiger partial charge in [0.1, 0.15) is 0 Å². The van der Waals surface area contributed by atoms with Crippen LogP contribution in [0.25, 0.3) is 0 Å². The first kappa shape index (κ1) is 15.0. The van der Waals surface area contributed by atoms with Crippen LogP contribution in [0.3, 0.4) is 0 Å². The third-order valence-corrected chi connectivity index (χ3v) is 4.54.